The molecular formula is C14H25N3O. The van der Waals surface area contributed by atoms with E-state index in [0.29, 0.717) is 11.8 Å². The van der Waals surface area contributed by atoms with Crippen molar-refractivity contribution < 1.29 is 4.79 Å². The number of amides is 1. The van der Waals surface area contributed by atoms with Crippen LogP contribution in [0.5, 0.6) is 0 Å². The second-order valence-electron chi connectivity index (χ2n) is 6.23. The molecule has 2 aliphatic heterocycles. The van der Waals surface area contributed by atoms with Gasteiger partial charge in [-0.25, -0.2) is 0 Å². The van der Waals surface area contributed by atoms with Gasteiger partial charge in [-0.1, -0.05) is 6.92 Å². The fourth-order valence-corrected chi connectivity index (χ4v) is 3.26. The third-order valence-electron chi connectivity index (χ3n) is 4.65. The third kappa shape index (κ3) is 2.69. The van der Waals surface area contributed by atoms with Gasteiger partial charge in [0.15, 0.2) is 0 Å². The normalized spacial score (nSPS) is 34.6. The maximum Gasteiger partial charge on any atom is 0.239 e. The first-order valence-corrected chi connectivity index (χ1v) is 7.50. The largest absolute Gasteiger partial charge is 0.339 e. The number of piperidine rings is 1. The highest BCUT2D eigenvalue weighted by Crippen LogP contribution is 2.27. The van der Waals surface area contributed by atoms with Crippen LogP contribution >= 0.6 is 0 Å². The molecule has 1 N–H and O–H groups in total. The van der Waals surface area contributed by atoms with Crippen molar-refractivity contribution >= 4 is 5.91 Å². The molecule has 0 aromatic rings. The summed E-state index contributed by atoms with van der Waals surface area (Å²) in [5.74, 6) is 1.03. The number of carbonyl (C=O) groups excluding carboxylic acids is 1. The Labute approximate surface area is 110 Å². The summed E-state index contributed by atoms with van der Waals surface area (Å²) in [7, 11) is 0. The summed E-state index contributed by atoms with van der Waals surface area (Å²) < 4.78 is 0. The summed E-state index contributed by atoms with van der Waals surface area (Å²) in [6.07, 6.45) is 4.96. The molecular weight excluding hydrogens is 226 g/mol. The van der Waals surface area contributed by atoms with Crippen molar-refractivity contribution in [3.8, 4) is 0 Å². The van der Waals surface area contributed by atoms with E-state index in [1.54, 1.807) is 0 Å². The zero-order valence-corrected chi connectivity index (χ0v) is 11.4. The number of carbonyl (C=O) groups is 1. The molecule has 3 aliphatic rings. The second kappa shape index (κ2) is 5.17. The molecule has 0 spiro atoms. The van der Waals surface area contributed by atoms with Crippen LogP contribution in [0.25, 0.3) is 0 Å². The average Bonchev–Trinajstić information content (AvgIpc) is 3.22. The van der Waals surface area contributed by atoms with Crippen molar-refractivity contribution in [2.45, 2.75) is 44.7 Å². The lowest BCUT2D eigenvalue weighted by Gasteiger charge is -2.38. The predicted molar refractivity (Wildman–Crippen MR) is 71.4 cm³/mol. The average molecular weight is 251 g/mol. The minimum Gasteiger partial charge on any atom is -0.339 e. The van der Waals surface area contributed by atoms with Gasteiger partial charge in [-0.2, -0.15) is 0 Å². The van der Waals surface area contributed by atoms with E-state index in [1.807, 2.05) is 0 Å². The first-order chi connectivity index (χ1) is 8.74. The second-order valence-corrected chi connectivity index (χ2v) is 6.23. The summed E-state index contributed by atoms with van der Waals surface area (Å²) >= 11 is 0. The summed E-state index contributed by atoms with van der Waals surface area (Å²) in [5, 5.41) is 3.39. The van der Waals surface area contributed by atoms with E-state index in [1.165, 1.54) is 19.3 Å². The molecule has 1 saturated carbocycles. The number of piperazine rings is 1. The van der Waals surface area contributed by atoms with Gasteiger partial charge in [-0.05, 0) is 38.1 Å². The van der Waals surface area contributed by atoms with E-state index in [4.69, 9.17) is 0 Å². The van der Waals surface area contributed by atoms with Crippen LogP contribution in [-0.2, 0) is 4.79 Å². The smallest absolute Gasteiger partial charge is 0.239 e. The number of nitrogens with zero attached hydrogens (tertiary/aromatic N) is 2. The van der Waals surface area contributed by atoms with Gasteiger partial charge in [0.2, 0.25) is 5.91 Å². The molecule has 0 radical (unpaired) electrons. The standard InChI is InChI=1S/C14H25N3O/c1-11-4-5-15-13(10-11)14(18)17-8-6-16(7-9-17)12-2-3-12/h11-13,15H,2-10H2,1H3. The summed E-state index contributed by atoms with van der Waals surface area (Å²) in [6.45, 7) is 7.28. The monoisotopic (exact) mass is 251 g/mol. The van der Waals surface area contributed by atoms with Crippen molar-refractivity contribution in [3.63, 3.8) is 0 Å². The molecule has 3 fully saturated rings. The van der Waals surface area contributed by atoms with Crippen LogP contribution in [0.4, 0.5) is 0 Å². The van der Waals surface area contributed by atoms with Crippen molar-refractivity contribution in [1.82, 2.24) is 15.1 Å². The molecule has 18 heavy (non-hydrogen) atoms. The first kappa shape index (κ1) is 12.4. The van der Waals surface area contributed by atoms with Crippen molar-refractivity contribution in [1.29, 1.82) is 0 Å². The third-order valence-corrected chi connectivity index (χ3v) is 4.65. The highest BCUT2D eigenvalue weighted by Gasteiger charge is 2.34. The number of hydrogen-bond acceptors (Lipinski definition) is 3. The summed E-state index contributed by atoms with van der Waals surface area (Å²) in [4.78, 5) is 17.1. The molecule has 0 aromatic heterocycles. The Balaban J connectivity index is 1.50. The van der Waals surface area contributed by atoms with Gasteiger partial charge in [-0.15, -0.1) is 0 Å². The van der Waals surface area contributed by atoms with Gasteiger partial charge in [0.25, 0.3) is 0 Å². The topological polar surface area (TPSA) is 35.6 Å². The van der Waals surface area contributed by atoms with Crippen LogP contribution in [0.2, 0.25) is 0 Å². The maximum absolute atomic E-state index is 12.4. The van der Waals surface area contributed by atoms with Gasteiger partial charge in [-0.3, -0.25) is 9.69 Å². The minimum atomic E-state index is 0.0845. The molecule has 3 rings (SSSR count). The lowest BCUT2D eigenvalue weighted by Crippen LogP contribution is -2.55. The quantitative estimate of drug-likeness (QED) is 0.784. The maximum atomic E-state index is 12.4. The number of nitrogens with one attached hydrogen (secondary N) is 1. The Morgan fingerprint density at radius 3 is 2.44 bits per heavy atom. The van der Waals surface area contributed by atoms with Gasteiger partial charge in [0.1, 0.15) is 0 Å². The summed E-state index contributed by atoms with van der Waals surface area (Å²) in [6, 6.07) is 0.927. The molecule has 2 unspecified atom stereocenters. The molecule has 2 heterocycles. The Bertz CT molecular complexity index is 308. The van der Waals surface area contributed by atoms with Gasteiger partial charge >= 0.3 is 0 Å². The fourth-order valence-electron chi connectivity index (χ4n) is 3.26. The van der Waals surface area contributed by atoms with Crippen LogP contribution in [0, 0.1) is 5.92 Å². The highest BCUT2D eigenvalue weighted by molar-refractivity contribution is 5.82. The lowest BCUT2D eigenvalue weighted by molar-refractivity contribution is -0.136. The van der Waals surface area contributed by atoms with Crippen LogP contribution in [0.3, 0.4) is 0 Å². The van der Waals surface area contributed by atoms with E-state index in [9.17, 15) is 4.79 Å². The molecule has 2 saturated heterocycles. The van der Waals surface area contributed by atoms with Crippen LogP contribution < -0.4 is 5.32 Å². The Kier molecular flexibility index (Phi) is 3.57. The SMILES string of the molecule is CC1CCNC(C(=O)N2CCN(C3CC3)CC2)C1. The Morgan fingerprint density at radius 2 is 1.83 bits per heavy atom. The highest BCUT2D eigenvalue weighted by atomic mass is 16.2. The fraction of sp³-hybridized carbons (Fsp3) is 0.929. The first-order valence-electron chi connectivity index (χ1n) is 7.50. The number of hydrogen-bond donors (Lipinski definition) is 1. The van der Waals surface area contributed by atoms with Gasteiger partial charge in [0.05, 0.1) is 6.04 Å². The molecule has 4 heteroatoms. The van der Waals surface area contributed by atoms with Crippen LogP contribution in [-0.4, -0.2) is 60.5 Å². The molecule has 0 aromatic carbocycles. The number of rotatable bonds is 2. The molecule has 1 amide bonds. The zero-order chi connectivity index (χ0) is 12.5. The molecule has 0 bridgehead atoms. The molecule has 2 atom stereocenters. The predicted octanol–water partition coefficient (Wildman–Crippen LogP) is 0.681. The molecule has 4 nitrogen and oxygen atoms in total. The van der Waals surface area contributed by atoms with E-state index in [2.05, 4.69) is 22.0 Å². The summed E-state index contributed by atoms with van der Waals surface area (Å²) in [5.41, 5.74) is 0. The minimum absolute atomic E-state index is 0.0845. The van der Waals surface area contributed by atoms with E-state index in [0.717, 1.165) is 45.2 Å². The zero-order valence-electron chi connectivity index (χ0n) is 11.4. The molecule has 102 valence electrons. The van der Waals surface area contributed by atoms with Crippen molar-refractivity contribution in [2.75, 3.05) is 32.7 Å². The van der Waals surface area contributed by atoms with Crippen LogP contribution in [0.1, 0.15) is 32.6 Å². The Morgan fingerprint density at radius 1 is 1.11 bits per heavy atom. The van der Waals surface area contributed by atoms with Gasteiger partial charge < -0.3 is 10.2 Å². The van der Waals surface area contributed by atoms with Crippen molar-refractivity contribution in [2.24, 2.45) is 5.92 Å². The van der Waals surface area contributed by atoms with Crippen LogP contribution in [0.15, 0.2) is 0 Å². The van der Waals surface area contributed by atoms with Crippen molar-refractivity contribution in [3.05, 3.63) is 0 Å². The van der Waals surface area contributed by atoms with E-state index in [-0.39, 0.29) is 6.04 Å². The van der Waals surface area contributed by atoms with E-state index < -0.39 is 0 Å². The lowest BCUT2D eigenvalue weighted by atomic mass is 9.93. The Hall–Kier alpha value is -0.610. The molecule has 1 aliphatic carbocycles. The van der Waals surface area contributed by atoms with E-state index >= 15 is 0 Å². The van der Waals surface area contributed by atoms with Gasteiger partial charge in [0, 0.05) is 32.2 Å².